The van der Waals surface area contributed by atoms with Gasteiger partial charge in [-0.15, -0.1) is 0 Å². The molecular formula is C16H24N2O2. The van der Waals surface area contributed by atoms with E-state index in [1.807, 2.05) is 44.2 Å². The zero-order valence-electron chi connectivity index (χ0n) is 12.6. The molecular weight excluding hydrogens is 252 g/mol. The van der Waals surface area contributed by atoms with Gasteiger partial charge in [0.25, 0.3) is 0 Å². The van der Waals surface area contributed by atoms with Crippen molar-refractivity contribution in [3.63, 3.8) is 0 Å². The predicted octanol–water partition coefficient (Wildman–Crippen LogP) is 2.59. The summed E-state index contributed by atoms with van der Waals surface area (Å²) in [6.07, 6.45) is 1.28. The Morgan fingerprint density at radius 3 is 2.30 bits per heavy atom. The summed E-state index contributed by atoms with van der Waals surface area (Å²) >= 11 is 0. The van der Waals surface area contributed by atoms with Crippen molar-refractivity contribution in [1.29, 1.82) is 5.26 Å². The number of ether oxygens (including phenoxy) is 2. The Kier molecular flexibility index (Phi) is 6.15. The Balaban J connectivity index is 2.42. The lowest BCUT2D eigenvalue weighted by Gasteiger charge is -2.24. The minimum absolute atomic E-state index is 0.186. The van der Waals surface area contributed by atoms with Crippen LogP contribution in [-0.4, -0.2) is 25.9 Å². The van der Waals surface area contributed by atoms with E-state index < -0.39 is 5.54 Å². The van der Waals surface area contributed by atoms with Gasteiger partial charge in [0.15, 0.2) is 0 Å². The number of rotatable bonds is 8. The Bertz CT molecular complexity index is 440. The maximum Gasteiger partial charge on any atom is 0.132 e. The minimum atomic E-state index is -0.988. The third-order valence-corrected chi connectivity index (χ3v) is 3.53. The van der Waals surface area contributed by atoms with Gasteiger partial charge in [-0.05, 0) is 25.8 Å². The van der Waals surface area contributed by atoms with Crippen LogP contribution < -0.4 is 5.73 Å². The topological polar surface area (TPSA) is 68.3 Å². The number of nitrogens with two attached hydrogens (primary N) is 1. The van der Waals surface area contributed by atoms with Gasteiger partial charge in [0.2, 0.25) is 0 Å². The molecule has 1 unspecified atom stereocenters. The molecule has 1 aromatic carbocycles. The van der Waals surface area contributed by atoms with Crippen LogP contribution in [0.1, 0.15) is 32.3 Å². The normalized spacial score (nSPS) is 14.6. The lowest BCUT2D eigenvalue weighted by atomic mass is 9.89. The summed E-state index contributed by atoms with van der Waals surface area (Å²) in [5.41, 5.74) is 5.80. The summed E-state index contributed by atoms with van der Waals surface area (Å²) in [5, 5.41) is 9.31. The highest BCUT2D eigenvalue weighted by molar-refractivity contribution is 5.30. The second kappa shape index (κ2) is 7.39. The fourth-order valence-corrected chi connectivity index (χ4v) is 1.76. The molecule has 0 aliphatic heterocycles. The van der Waals surface area contributed by atoms with Gasteiger partial charge in [-0.3, -0.25) is 0 Å². The predicted molar refractivity (Wildman–Crippen MR) is 79.1 cm³/mol. The van der Waals surface area contributed by atoms with Crippen molar-refractivity contribution in [3.05, 3.63) is 35.9 Å². The van der Waals surface area contributed by atoms with Gasteiger partial charge in [-0.25, -0.2) is 0 Å². The van der Waals surface area contributed by atoms with Crippen LogP contribution in [0, 0.1) is 11.3 Å². The van der Waals surface area contributed by atoms with E-state index in [-0.39, 0.29) is 5.60 Å². The zero-order valence-corrected chi connectivity index (χ0v) is 12.6. The van der Waals surface area contributed by atoms with Crippen LogP contribution in [0.4, 0.5) is 0 Å². The van der Waals surface area contributed by atoms with Crippen LogP contribution in [0.2, 0.25) is 0 Å². The van der Waals surface area contributed by atoms with Crippen molar-refractivity contribution in [2.45, 2.75) is 37.8 Å². The van der Waals surface area contributed by atoms with Gasteiger partial charge >= 0.3 is 0 Å². The van der Waals surface area contributed by atoms with Crippen molar-refractivity contribution in [3.8, 4) is 6.07 Å². The lowest BCUT2D eigenvalue weighted by molar-refractivity contribution is -0.0110. The molecule has 20 heavy (non-hydrogen) atoms. The van der Waals surface area contributed by atoms with Crippen LogP contribution in [0.15, 0.2) is 30.3 Å². The Hall–Kier alpha value is -1.41. The lowest BCUT2D eigenvalue weighted by Crippen LogP contribution is -2.36. The Labute approximate surface area is 121 Å². The second-order valence-electron chi connectivity index (χ2n) is 5.53. The summed E-state index contributed by atoms with van der Waals surface area (Å²) in [6.45, 7) is 5.08. The molecule has 0 bridgehead atoms. The van der Waals surface area contributed by atoms with E-state index in [4.69, 9.17) is 15.2 Å². The van der Waals surface area contributed by atoms with Crippen molar-refractivity contribution >= 4 is 0 Å². The van der Waals surface area contributed by atoms with Crippen LogP contribution in [0.3, 0.4) is 0 Å². The number of nitriles is 1. The maximum atomic E-state index is 9.31. The summed E-state index contributed by atoms with van der Waals surface area (Å²) < 4.78 is 10.9. The van der Waals surface area contributed by atoms with Gasteiger partial charge < -0.3 is 15.2 Å². The van der Waals surface area contributed by atoms with Gasteiger partial charge in [-0.2, -0.15) is 5.26 Å². The highest BCUT2D eigenvalue weighted by atomic mass is 16.5. The quantitative estimate of drug-likeness (QED) is 0.741. The second-order valence-corrected chi connectivity index (χ2v) is 5.53. The minimum Gasteiger partial charge on any atom is -0.381 e. The maximum absolute atomic E-state index is 9.31. The first kappa shape index (κ1) is 16.6. The molecule has 4 heteroatoms. The first-order valence-electron chi connectivity index (χ1n) is 6.82. The Morgan fingerprint density at radius 1 is 1.15 bits per heavy atom. The summed E-state index contributed by atoms with van der Waals surface area (Å²) in [7, 11) is 1.69. The smallest absolute Gasteiger partial charge is 0.132 e. The molecule has 0 saturated carbocycles. The van der Waals surface area contributed by atoms with Gasteiger partial charge in [0.05, 0.1) is 11.7 Å². The highest BCUT2D eigenvalue weighted by Gasteiger charge is 2.26. The van der Waals surface area contributed by atoms with Gasteiger partial charge in [-0.1, -0.05) is 30.3 Å². The van der Waals surface area contributed by atoms with E-state index >= 15 is 0 Å². The third-order valence-electron chi connectivity index (χ3n) is 3.53. The van der Waals surface area contributed by atoms with Crippen LogP contribution in [0.5, 0.6) is 0 Å². The molecule has 4 nitrogen and oxygen atoms in total. The fraction of sp³-hybridized carbons (Fsp3) is 0.562. The number of nitrogens with zero attached hydrogens (tertiary/aromatic N) is 1. The first-order valence-corrected chi connectivity index (χ1v) is 6.82. The van der Waals surface area contributed by atoms with Crippen LogP contribution in [-0.2, 0) is 15.0 Å². The number of hydrogen-bond acceptors (Lipinski definition) is 4. The molecule has 110 valence electrons. The van der Waals surface area contributed by atoms with Crippen molar-refractivity contribution in [2.75, 3.05) is 20.3 Å². The van der Waals surface area contributed by atoms with Gasteiger partial charge in [0.1, 0.15) is 5.54 Å². The molecule has 0 radical (unpaired) electrons. The molecule has 0 fully saturated rings. The van der Waals surface area contributed by atoms with Crippen LogP contribution >= 0.6 is 0 Å². The van der Waals surface area contributed by atoms with E-state index in [9.17, 15) is 5.26 Å². The molecule has 1 atom stereocenters. The summed E-state index contributed by atoms with van der Waals surface area (Å²) in [6, 6.07) is 11.6. The van der Waals surface area contributed by atoms with Gasteiger partial charge in [0, 0.05) is 26.7 Å². The summed E-state index contributed by atoms with van der Waals surface area (Å²) in [4.78, 5) is 0. The van der Waals surface area contributed by atoms with E-state index in [2.05, 4.69) is 6.07 Å². The third kappa shape index (κ3) is 4.93. The highest BCUT2D eigenvalue weighted by Crippen LogP contribution is 2.21. The number of methoxy groups -OCH3 is 1. The molecule has 0 aliphatic carbocycles. The number of hydrogen-bond donors (Lipinski definition) is 1. The van der Waals surface area contributed by atoms with E-state index in [1.165, 1.54) is 0 Å². The standard InChI is InChI=1S/C16H24N2O2/c1-15(2,19-3)9-11-20-12-10-16(18,13-17)14-7-5-4-6-8-14/h4-8H,9-12,18H2,1-3H3. The van der Waals surface area contributed by atoms with Crippen molar-refractivity contribution in [2.24, 2.45) is 5.73 Å². The number of benzene rings is 1. The zero-order chi connectivity index (χ0) is 15.1. The monoisotopic (exact) mass is 276 g/mol. The average Bonchev–Trinajstić information content (AvgIpc) is 2.47. The van der Waals surface area contributed by atoms with Crippen LogP contribution in [0.25, 0.3) is 0 Å². The SMILES string of the molecule is COC(C)(C)CCOCCC(N)(C#N)c1ccccc1. The molecule has 0 spiro atoms. The fourth-order valence-electron chi connectivity index (χ4n) is 1.76. The molecule has 1 aromatic rings. The molecule has 0 heterocycles. The molecule has 0 aromatic heterocycles. The first-order chi connectivity index (χ1) is 9.43. The van der Waals surface area contributed by atoms with E-state index in [0.29, 0.717) is 19.6 Å². The van der Waals surface area contributed by atoms with E-state index in [1.54, 1.807) is 7.11 Å². The Morgan fingerprint density at radius 2 is 1.75 bits per heavy atom. The molecule has 0 aliphatic rings. The molecule has 1 rings (SSSR count). The van der Waals surface area contributed by atoms with E-state index in [0.717, 1.165) is 12.0 Å². The summed E-state index contributed by atoms with van der Waals surface area (Å²) in [5.74, 6) is 0. The molecule has 0 saturated heterocycles. The van der Waals surface area contributed by atoms with Crippen molar-refractivity contribution in [1.82, 2.24) is 0 Å². The molecule has 2 N–H and O–H groups in total. The van der Waals surface area contributed by atoms with Crippen molar-refractivity contribution < 1.29 is 9.47 Å². The largest absolute Gasteiger partial charge is 0.381 e. The molecule has 0 amide bonds. The average molecular weight is 276 g/mol.